The van der Waals surface area contributed by atoms with Crippen molar-refractivity contribution in [3.8, 4) is 0 Å². The Balaban J connectivity index is 2.02. The minimum atomic E-state index is -0.392. The molecular weight excluding hydrogens is 254 g/mol. The zero-order chi connectivity index (χ0) is 12.4. The number of rotatable bonds is 4. The normalized spacial score (nSPS) is 14.8. The molecule has 17 heavy (non-hydrogen) atoms. The van der Waals surface area contributed by atoms with Gasteiger partial charge in [-0.25, -0.2) is 0 Å². The fraction of sp³-hybridized carbons (Fsp3) is 0.417. The summed E-state index contributed by atoms with van der Waals surface area (Å²) in [6, 6.07) is 3.94. The molecule has 5 heteroatoms. The Morgan fingerprint density at radius 1 is 1.47 bits per heavy atom. The largest absolute Gasteiger partial charge is 0.393 e. The van der Waals surface area contributed by atoms with E-state index in [9.17, 15) is 9.90 Å². The highest BCUT2D eigenvalue weighted by Gasteiger charge is 2.14. The highest BCUT2D eigenvalue weighted by molar-refractivity contribution is 7.27. The maximum atomic E-state index is 11.9. The van der Waals surface area contributed by atoms with Crippen LogP contribution in [0.1, 0.15) is 29.9 Å². The Morgan fingerprint density at radius 2 is 2.24 bits per heavy atom. The summed E-state index contributed by atoms with van der Waals surface area (Å²) in [4.78, 5) is 12.7. The molecule has 0 fully saturated rings. The second kappa shape index (κ2) is 5.16. The fourth-order valence-corrected chi connectivity index (χ4v) is 3.76. The van der Waals surface area contributed by atoms with Crippen molar-refractivity contribution in [1.82, 2.24) is 5.32 Å². The van der Waals surface area contributed by atoms with E-state index in [0.717, 1.165) is 14.3 Å². The van der Waals surface area contributed by atoms with Crippen molar-refractivity contribution in [2.75, 3.05) is 0 Å². The Morgan fingerprint density at radius 3 is 2.88 bits per heavy atom. The summed E-state index contributed by atoms with van der Waals surface area (Å²) in [5, 5.41) is 14.2. The zero-order valence-corrected chi connectivity index (χ0v) is 11.4. The number of aliphatic hydroxyl groups is 1. The molecule has 2 heterocycles. The van der Waals surface area contributed by atoms with Crippen molar-refractivity contribution in [3.05, 3.63) is 22.4 Å². The van der Waals surface area contributed by atoms with E-state index in [1.54, 1.807) is 18.3 Å². The number of fused-ring (bicyclic) bond motifs is 1. The molecule has 0 saturated carbocycles. The van der Waals surface area contributed by atoms with Crippen LogP contribution in [0.25, 0.3) is 9.40 Å². The first-order chi connectivity index (χ1) is 8.06. The van der Waals surface area contributed by atoms with Crippen LogP contribution >= 0.6 is 22.7 Å². The average Bonchev–Trinajstić information content (AvgIpc) is 2.73. The van der Waals surface area contributed by atoms with Crippen molar-refractivity contribution in [3.63, 3.8) is 0 Å². The van der Waals surface area contributed by atoms with E-state index in [0.29, 0.717) is 6.42 Å². The molecule has 0 aliphatic heterocycles. The molecule has 2 N–H and O–H groups in total. The van der Waals surface area contributed by atoms with Gasteiger partial charge >= 0.3 is 0 Å². The van der Waals surface area contributed by atoms with Crippen LogP contribution in [-0.4, -0.2) is 23.2 Å². The summed E-state index contributed by atoms with van der Waals surface area (Å²) in [5.74, 6) is -0.0495. The second-order valence-corrected chi connectivity index (χ2v) is 6.25. The molecular formula is C12H15NO2S2. The Labute approximate surface area is 108 Å². The van der Waals surface area contributed by atoms with E-state index >= 15 is 0 Å². The third-order valence-electron chi connectivity index (χ3n) is 2.44. The number of carbonyl (C=O) groups is 1. The maximum Gasteiger partial charge on any atom is 0.261 e. The van der Waals surface area contributed by atoms with Gasteiger partial charge in [-0.1, -0.05) is 0 Å². The number of nitrogens with one attached hydrogen (secondary N) is 1. The standard InChI is InChI=1S/C12H15NO2S2/c1-7(5-8(2)14)13-12(15)11-6-10-9(17-11)3-4-16-10/h3-4,6-8,14H,5H2,1-2H3,(H,13,15). The molecule has 0 aliphatic rings. The number of carbonyl (C=O) groups excluding carboxylic acids is 1. The quantitative estimate of drug-likeness (QED) is 0.896. The van der Waals surface area contributed by atoms with Crippen LogP contribution in [0.3, 0.4) is 0 Å². The van der Waals surface area contributed by atoms with E-state index in [1.807, 2.05) is 24.4 Å². The smallest absolute Gasteiger partial charge is 0.261 e. The molecule has 2 aromatic rings. The van der Waals surface area contributed by atoms with Gasteiger partial charge in [-0.3, -0.25) is 4.79 Å². The topological polar surface area (TPSA) is 49.3 Å². The fourth-order valence-electron chi connectivity index (χ4n) is 1.74. The van der Waals surface area contributed by atoms with Gasteiger partial charge in [0.2, 0.25) is 0 Å². The average molecular weight is 269 g/mol. The molecule has 92 valence electrons. The molecule has 0 radical (unpaired) electrons. The van der Waals surface area contributed by atoms with E-state index < -0.39 is 6.10 Å². The van der Waals surface area contributed by atoms with E-state index in [4.69, 9.17) is 0 Å². The second-order valence-electron chi connectivity index (χ2n) is 4.22. The lowest BCUT2D eigenvalue weighted by molar-refractivity contribution is 0.0927. The summed E-state index contributed by atoms with van der Waals surface area (Å²) in [7, 11) is 0. The molecule has 3 nitrogen and oxygen atoms in total. The maximum absolute atomic E-state index is 11.9. The predicted octanol–water partition coefficient (Wildman–Crippen LogP) is 2.85. The molecule has 0 spiro atoms. The van der Waals surface area contributed by atoms with Crippen molar-refractivity contribution in [2.45, 2.75) is 32.4 Å². The van der Waals surface area contributed by atoms with Crippen molar-refractivity contribution in [2.24, 2.45) is 0 Å². The van der Waals surface area contributed by atoms with E-state index in [-0.39, 0.29) is 11.9 Å². The molecule has 2 aromatic heterocycles. The molecule has 0 aromatic carbocycles. The van der Waals surface area contributed by atoms with Gasteiger partial charge in [-0.2, -0.15) is 0 Å². The van der Waals surface area contributed by atoms with Gasteiger partial charge in [0.15, 0.2) is 0 Å². The number of hydrogen-bond acceptors (Lipinski definition) is 4. The summed E-state index contributed by atoms with van der Waals surface area (Å²) in [5.41, 5.74) is 0. The van der Waals surface area contributed by atoms with Gasteiger partial charge in [0.1, 0.15) is 0 Å². The van der Waals surface area contributed by atoms with Crippen LogP contribution in [-0.2, 0) is 0 Å². The third kappa shape index (κ3) is 3.06. The Kier molecular flexibility index (Phi) is 3.81. The van der Waals surface area contributed by atoms with Crippen molar-refractivity contribution >= 4 is 38.0 Å². The number of aliphatic hydroxyl groups excluding tert-OH is 1. The van der Waals surface area contributed by atoms with Gasteiger partial charge in [0.05, 0.1) is 11.0 Å². The molecule has 2 rings (SSSR count). The summed E-state index contributed by atoms with van der Waals surface area (Å²) >= 11 is 3.15. The predicted molar refractivity (Wildman–Crippen MR) is 72.9 cm³/mol. The number of thiophene rings is 2. The summed E-state index contributed by atoms with van der Waals surface area (Å²) < 4.78 is 2.31. The highest BCUT2D eigenvalue weighted by Crippen LogP contribution is 2.29. The van der Waals surface area contributed by atoms with Crippen LogP contribution in [0.4, 0.5) is 0 Å². The third-order valence-corrected chi connectivity index (χ3v) is 4.53. The van der Waals surface area contributed by atoms with Crippen LogP contribution in [0, 0.1) is 0 Å². The summed E-state index contributed by atoms with van der Waals surface area (Å²) in [6.45, 7) is 3.63. The molecule has 0 aliphatic carbocycles. The van der Waals surface area contributed by atoms with Gasteiger partial charge in [0.25, 0.3) is 5.91 Å². The van der Waals surface area contributed by atoms with Gasteiger partial charge in [0, 0.05) is 15.4 Å². The van der Waals surface area contributed by atoms with Gasteiger partial charge in [-0.05, 0) is 37.8 Å². The first-order valence-corrected chi connectivity index (χ1v) is 7.22. The van der Waals surface area contributed by atoms with Gasteiger partial charge < -0.3 is 10.4 Å². The lowest BCUT2D eigenvalue weighted by Gasteiger charge is -2.14. The first kappa shape index (κ1) is 12.5. The van der Waals surface area contributed by atoms with Crippen molar-refractivity contribution in [1.29, 1.82) is 0 Å². The molecule has 2 unspecified atom stereocenters. The minimum absolute atomic E-state index is 0.0114. The lowest BCUT2D eigenvalue weighted by Crippen LogP contribution is -2.34. The monoisotopic (exact) mass is 269 g/mol. The SMILES string of the molecule is CC(O)CC(C)NC(=O)c1cc2sccc2s1. The highest BCUT2D eigenvalue weighted by atomic mass is 32.1. The number of hydrogen-bond donors (Lipinski definition) is 2. The molecule has 2 atom stereocenters. The zero-order valence-electron chi connectivity index (χ0n) is 9.77. The van der Waals surface area contributed by atoms with Crippen LogP contribution < -0.4 is 5.32 Å². The van der Waals surface area contributed by atoms with Crippen molar-refractivity contribution < 1.29 is 9.90 Å². The van der Waals surface area contributed by atoms with Crippen LogP contribution in [0.15, 0.2) is 17.5 Å². The molecule has 0 bridgehead atoms. The van der Waals surface area contributed by atoms with Crippen LogP contribution in [0.5, 0.6) is 0 Å². The lowest BCUT2D eigenvalue weighted by atomic mass is 10.1. The van der Waals surface area contributed by atoms with E-state index in [2.05, 4.69) is 5.32 Å². The molecule has 1 amide bonds. The number of amides is 1. The Hall–Kier alpha value is -0.910. The van der Waals surface area contributed by atoms with E-state index in [1.165, 1.54) is 11.3 Å². The summed E-state index contributed by atoms with van der Waals surface area (Å²) in [6.07, 6.45) is 0.183. The van der Waals surface area contributed by atoms with Crippen LogP contribution in [0.2, 0.25) is 0 Å². The Bertz CT molecular complexity index is 487. The first-order valence-electron chi connectivity index (χ1n) is 5.52. The van der Waals surface area contributed by atoms with Gasteiger partial charge in [-0.15, -0.1) is 22.7 Å². The molecule has 0 saturated heterocycles. The minimum Gasteiger partial charge on any atom is -0.393 e.